The highest BCUT2D eigenvalue weighted by atomic mass is 16.6. The lowest BCUT2D eigenvalue weighted by atomic mass is 10.2. The van der Waals surface area contributed by atoms with Gasteiger partial charge < -0.3 is 19.9 Å². The number of hydrogen-bond acceptors (Lipinski definition) is 5. The van der Waals surface area contributed by atoms with E-state index in [0.717, 1.165) is 5.56 Å². The van der Waals surface area contributed by atoms with Gasteiger partial charge in [0.05, 0.1) is 11.3 Å². The molecular weight excluding hydrogens is 272 g/mol. The topological polar surface area (TPSA) is 79.8 Å². The molecular formula is C15H22N2O4. The fourth-order valence-corrected chi connectivity index (χ4v) is 1.99. The van der Waals surface area contributed by atoms with E-state index in [4.69, 9.17) is 9.47 Å². The molecule has 2 atom stereocenters. The van der Waals surface area contributed by atoms with E-state index in [2.05, 4.69) is 10.6 Å². The van der Waals surface area contributed by atoms with E-state index in [1.54, 1.807) is 6.07 Å². The van der Waals surface area contributed by atoms with Gasteiger partial charge in [0.2, 0.25) is 12.3 Å². The highest BCUT2D eigenvalue weighted by Crippen LogP contribution is 2.28. The third-order valence-electron chi connectivity index (χ3n) is 2.93. The molecule has 0 radical (unpaired) electrons. The van der Waals surface area contributed by atoms with Crippen molar-refractivity contribution in [2.24, 2.45) is 0 Å². The number of carbonyl (C=O) groups excluding carboxylic acids is 1. The van der Waals surface area contributed by atoms with E-state index >= 15 is 0 Å². The van der Waals surface area contributed by atoms with Crippen LogP contribution >= 0.6 is 0 Å². The third-order valence-corrected chi connectivity index (χ3v) is 2.93. The predicted molar refractivity (Wildman–Crippen MR) is 79.1 cm³/mol. The van der Waals surface area contributed by atoms with Gasteiger partial charge in [0.15, 0.2) is 0 Å². The fraction of sp³-hybridized carbons (Fsp3) is 0.533. The van der Waals surface area contributed by atoms with Gasteiger partial charge in [0.1, 0.15) is 18.4 Å². The van der Waals surface area contributed by atoms with Crippen LogP contribution in [0.1, 0.15) is 26.3 Å². The van der Waals surface area contributed by atoms with Gasteiger partial charge in [-0.05, 0) is 45.4 Å². The molecule has 1 heterocycles. The highest BCUT2D eigenvalue weighted by Gasteiger charge is 2.28. The van der Waals surface area contributed by atoms with Crippen LogP contribution in [0.2, 0.25) is 0 Å². The Kier molecular flexibility index (Phi) is 4.51. The molecule has 0 spiro atoms. The number of ether oxygens (including phenoxy) is 2. The Morgan fingerprint density at radius 3 is 2.86 bits per heavy atom. The molecule has 1 aliphatic heterocycles. The van der Waals surface area contributed by atoms with Gasteiger partial charge in [0.25, 0.3) is 0 Å². The summed E-state index contributed by atoms with van der Waals surface area (Å²) in [6.07, 6.45) is -1.24. The lowest BCUT2D eigenvalue weighted by molar-refractivity contribution is -0.187. The van der Waals surface area contributed by atoms with Gasteiger partial charge in [0, 0.05) is 0 Å². The van der Waals surface area contributed by atoms with Crippen LogP contribution in [0.5, 0.6) is 5.75 Å². The van der Waals surface area contributed by atoms with Gasteiger partial charge in [-0.15, -0.1) is 0 Å². The molecule has 0 saturated carbocycles. The van der Waals surface area contributed by atoms with E-state index in [-0.39, 0.29) is 12.5 Å². The molecule has 2 unspecified atom stereocenters. The second-order valence-corrected chi connectivity index (χ2v) is 6.10. The minimum Gasteiger partial charge on any atom is -0.489 e. The Morgan fingerprint density at radius 2 is 2.19 bits per heavy atom. The summed E-state index contributed by atoms with van der Waals surface area (Å²) in [6, 6.07) is 4.86. The summed E-state index contributed by atoms with van der Waals surface area (Å²) in [4.78, 5) is 12.1. The Hall–Kier alpha value is -1.63. The maximum Gasteiger partial charge on any atom is 0.245 e. The lowest BCUT2D eigenvalue weighted by Crippen LogP contribution is -2.50. The van der Waals surface area contributed by atoms with Crippen LogP contribution in [0.25, 0.3) is 0 Å². The molecule has 1 aromatic rings. The fourth-order valence-electron chi connectivity index (χ4n) is 1.99. The van der Waals surface area contributed by atoms with Crippen molar-refractivity contribution < 1.29 is 19.4 Å². The van der Waals surface area contributed by atoms with E-state index < -0.39 is 18.1 Å². The van der Waals surface area contributed by atoms with Crippen molar-refractivity contribution in [2.75, 3.05) is 11.9 Å². The first-order chi connectivity index (χ1) is 9.74. The van der Waals surface area contributed by atoms with Crippen molar-refractivity contribution in [2.45, 2.75) is 45.8 Å². The molecule has 0 bridgehead atoms. The van der Waals surface area contributed by atoms with Crippen molar-refractivity contribution >= 4 is 11.6 Å². The van der Waals surface area contributed by atoms with E-state index in [9.17, 15) is 9.90 Å². The van der Waals surface area contributed by atoms with Gasteiger partial charge >= 0.3 is 0 Å². The number of anilines is 1. The standard InChI is InChI=1S/C15H22N2O4/c1-9-5-6-10-12(7-9)20-8-11(13(18)16-10)17-14(19)21-15(2,3)4/h5-7,11,14,17,19H,8H2,1-4H3,(H,16,18). The Morgan fingerprint density at radius 1 is 1.48 bits per heavy atom. The monoisotopic (exact) mass is 294 g/mol. The Bertz CT molecular complexity index is 525. The van der Waals surface area contributed by atoms with Crippen LogP contribution in [0.4, 0.5) is 5.69 Å². The van der Waals surface area contributed by atoms with Gasteiger partial charge in [-0.2, -0.15) is 0 Å². The van der Waals surface area contributed by atoms with Crippen molar-refractivity contribution in [3.8, 4) is 5.75 Å². The molecule has 3 N–H and O–H groups in total. The average molecular weight is 294 g/mol. The molecule has 0 aromatic heterocycles. The zero-order valence-corrected chi connectivity index (χ0v) is 12.8. The van der Waals surface area contributed by atoms with E-state index in [0.29, 0.717) is 11.4 Å². The maximum atomic E-state index is 12.1. The van der Waals surface area contributed by atoms with Gasteiger partial charge in [-0.3, -0.25) is 10.1 Å². The summed E-state index contributed by atoms with van der Waals surface area (Å²) in [7, 11) is 0. The smallest absolute Gasteiger partial charge is 0.245 e. The second kappa shape index (κ2) is 6.01. The normalized spacial score (nSPS) is 20.0. The number of rotatable bonds is 3. The molecule has 6 nitrogen and oxygen atoms in total. The summed E-state index contributed by atoms with van der Waals surface area (Å²) in [5.41, 5.74) is 1.15. The second-order valence-electron chi connectivity index (χ2n) is 6.10. The van der Waals surface area contributed by atoms with E-state index in [1.165, 1.54) is 0 Å². The molecule has 116 valence electrons. The van der Waals surface area contributed by atoms with Crippen molar-refractivity contribution in [1.29, 1.82) is 0 Å². The summed E-state index contributed by atoms with van der Waals surface area (Å²) >= 11 is 0. The summed E-state index contributed by atoms with van der Waals surface area (Å²) < 4.78 is 11.0. The average Bonchev–Trinajstić information content (AvgIpc) is 2.48. The number of aliphatic hydroxyl groups excluding tert-OH is 1. The number of benzene rings is 1. The zero-order chi connectivity index (χ0) is 15.6. The number of aliphatic hydroxyl groups is 1. The van der Waals surface area contributed by atoms with Crippen LogP contribution in [0, 0.1) is 6.92 Å². The largest absolute Gasteiger partial charge is 0.489 e. The highest BCUT2D eigenvalue weighted by molar-refractivity contribution is 5.97. The van der Waals surface area contributed by atoms with Crippen molar-refractivity contribution in [1.82, 2.24) is 5.32 Å². The van der Waals surface area contributed by atoms with Crippen molar-refractivity contribution in [3.05, 3.63) is 23.8 Å². The summed E-state index contributed by atoms with van der Waals surface area (Å²) in [5, 5.41) is 15.3. The number of nitrogens with one attached hydrogen (secondary N) is 2. The molecule has 21 heavy (non-hydrogen) atoms. The first kappa shape index (κ1) is 15.8. The quantitative estimate of drug-likeness (QED) is 0.734. The molecule has 0 saturated heterocycles. The SMILES string of the molecule is Cc1ccc2c(c1)OCC(NC(O)OC(C)(C)C)C(=O)N2. The molecule has 6 heteroatoms. The minimum atomic E-state index is -1.24. The lowest BCUT2D eigenvalue weighted by Gasteiger charge is -2.26. The minimum absolute atomic E-state index is 0.118. The Labute approximate surface area is 124 Å². The zero-order valence-electron chi connectivity index (χ0n) is 12.8. The van der Waals surface area contributed by atoms with Gasteiger partial charge in [-0.25, -0.2) is 0 Å². The van der Waals surface area contributed by atoms with E-state index in [1.807, 2.05) is 39.8 Å². The number of aryl methyl sites for hydroxylation is 1. The molecule has 2 rings (SSSR count). The molecule has 1 aliphatic rings. The number of hydrogen-bond donors (Lipinski definition) is 3. The van der Waals surface area contributed by atoms with Crippen LogP contribution in [0.15, 0.2) is 18.2 Å². The molecule has 0 aliphatic carbocycles. The van der Waals surface area contributed by atoms with Crippen LogP contribution < -0.4 is 15.4 Å². The number of carbonyl (C=O) groups is 1. The summed E-state index contributed by atoms with van der Waals surface area (Å²) in [6.45, 7) is 7.53. The first-order valence-electron chi connectivity index (χ1n) is 6.91. The molecule has 1 aromatic carbocycles. The summed E-state index contributed by atoms with van der Waals surface area (Å²) in [5.74, 6) is 0.355. The molecule has 1 amide bonds. The van der Waals surface area contributed by atoms with Crippen LogP contribution in [-0.4, -0.2) is 35.7 Å². The maximum absolute atomic E-state index is 12.1. The molecule has 0 fully saturated rings. The van der Waals surface area contributed by atoms with Crippen LogP contribution in [-0.2, 0) is 9.53 Å². The van der Waals surface area contributed by atoms with Gasteiger partial charge in [-0.1, -0.05) is 6.07 Å². The van der Waals surface area contributed by atoms with Crippen LogP contribution in [0.3, 0.4) is 0 Å². The third kappa shape index (κ3) is 4.42. The Balaban J connectivity index is 2.03. The first-order valence-corrected chi connectivity index (χ1v) is 6.91. The predicted octanol–water partition coefficient (Wildman–Crippen LogP) is 1.38. The van der Waals surface area contributed by atoms with Crippen molar-refractivity contribution in [3.63, 3.8) is 0 Å². The number of fused-ring (bicyclic) bond motifs is 1. The number of amides is 1.